The number of ketones is 1. The monoisotopic (exact) mass is 559 g/mol. The van der Waals surface area contributed by atoms with Crippen LogP contribution in [0, 0.1) is 26.9 Å². The van der Waals surface area contributed by atoms with E-state index in [0.29, 0.717) is 17.9 Å². The molecule has 0 N–H and O–H groups in total. The zero-order chi connectivity index (χ0) is 26.4. The summed E-state index contributed by atoms with van der Waals surface area (Å²) in [5.41, 5.74) is 2.75. The topological polar surface area (TPSA) is 114 Å². The van der Waals surface area contributed by atoms with E-state index in [1.165, 1.54) is 4.31 Å². The molecule has 1 aromatic rings. The first-order chi connectivity index (χ1) is 15.3. The Balaban J connectivity index is 0. The van der Waals surface area contributed by atoms with Crippen molar-refractivity contribution in [2.45, 2.75) is 57.5 Å². The van der Waals surface area contributed by atoms with Gasteiger partial charge in [0.25, 0.3) is 10.0 Å². The predicted molar refractivity (Wildman–Crippen MR) is 127 cm³/mol. The number of hydrogen-bond donors (Lipinski definition) is 0. The largest absolute Gasteiger partial charge is 0 e. The third kappa shape index (κ3) is 6.92. The van der Waals surface area contributed by atoms with Crippen molar-refractivity contribution in [1.29, 1.82) is 0 Å². The molecule has 1 saturated heterocycles. The van der Waals surface area contributed by atoms with Crippen LogP contribution < -0.4 is 0 Å². The van der Waals surface area contributed by atoms with Gasteiger partial charge in [0.15, 0.2) is 5.78 Å². The number of hydrogen-bond acceptors (Lipinski definition) is 3. The molecule has 1 heterocycles. The summed E-state index contributed by atoms with van der Waals surface area (Å²) in [4.78, 5) is 13.7. The normalized spacial score (nSPS) is 15.0. The van der Waals surface area contributed by atoms with E-state index in [2.05, 4.69) is 59.2 Å². The molecule has 1 aliphatic heterocycles. The second-order valence-corrected chi connectivity index (χ2v) is 21.4. The summed E-state index contributed by atoms with van der Waals surface area (Å²) in [5, 5.41) is 1.74. The Morgan fingerprint density at radius 2 is 1.24 bits per heavy atom. The maximum absolute atomic E-state index is 13.4. The van der Waals surface area contributed by atoms with Gasteiger partial charge in [-0.2, -0.15) is 0 Å². The van der Waals surface area contributed by atoms with Gasteiger partial charge >= 0.3 is 33.9 Å². The Hall–Kier alpha value is -1.71. The molecule has 184 valence electrons. The number of Topliss-reactive ketones (excluding diaryl/α,β-unsaturated/α-hetero) is 1. The molecular weight excluding hydrogens is 530 g/mol. The van der Waals surface area contributed by atoms with Crippen LogP contribution in [-0.2, 0) is 45.8 Å². The van der Waals surface area contributed by atoms with E-state index >= 15 is 0 Å². The van der Waals surface area contributed by atoms with Crippen molar-refractivity contribution < 1.29 is 44.2 Å². The number of rotatable bonds is 4. The molecule has 0 unspecified atom stereocenters. The number of fused-ring (bicyclic) bond motifs is 1. The van der Waals surface area contributed by atoms with Gasteiger partial charge in [0.1, 0.15) is 0 Å². The van der Waals surface area contributed by atoms with Gasteiger partial charge in [-0.15, -0.1) is 0 Å². The van der Waals surface area contributed by atoms with Crippen LogP contribution in [-0.4, -0.2) is 41.2 Å². The summed E-state index contributed by atoms with van der Waals surface area (Å²) >= 11 is 0. The number of allylic oxidation sites excluding steroid dienone is 3. The van der Waals surface area contributed by atoms with E-state index < -0.39 is 26.2 Å². The second-order valence-electron chi connectivity index (χ2n) is 9.55. The number of carbonyl (C=O) groups is 1. The molecular formula is C23H29FeNO6SSi2. The van der Waals surface area contributed by atoms with Crippen molar-refractivity contribution in [3.63, 3.8) is 0 Å². The van der Waals surface area contributed by atoms with Gasteiger partial charge in [-0.25, -0.2) is 8.42 Å². The Morgan fingerprint density at radius 3 is 1.62 bits per heavy atom. The van der Waals surface area contributed by atoms with Crippen molar-refractivity contribution in [1.82, 2.24) is 4.31 Å². The Morgan fingerprint density at radius 1 is 0.824 bits per heavy atom. The molecule has 0 spiro atoms. The number of aryl methyl sites for hydroxylation is 1. The molecule has 0 amide bonds. The molecule has 3 rings (SSSR count). The van der Waals surface area contributed by atoms with Gasteiger partial charge in [-0.3, -0.25) is 9.10 Å². The molecule has 1 aliphatic carbocycles. The average molecular weight is 560 g/mol. The number of benzene rings is 1. The average Bonchev–Trinajstić information content (AvgIpc) is 3.28. The van der Waals surface area contributed by atoms with Crippen LogP contribution in [0.2, 0.25) is 39.3 Å². The van der Waals surface area contributed by atoms with Gasteiger partial charge in [-0.05, 0) is 36.2 Å². The Labute approximate surface area is 215 Å². The van der Waals surface area contributed by atoms with Crippen molar-refractivity contribution in [2.75, 3.05) is 6.54 Å². The quantitative estimate of drug-likeness (QED) is 0.313. The maximum atomic E-state index is 13.4. The molecule has 2 aliphatic rings. The summed E-state index contributed by atoms with van der Waals surface area (Å²) in [5.74, 6) is 0.127. The third-order valence-electron chi connectivity index (χ3n) is 5.20. The molecule has 34 heavy (non-hydrogen) atoms. The van der Waals surface area contributed by atoms with Crippen molar-refractivity contribution in [3.8, 4) is 0 Å². The Kier molecular flexibility index (Phi) is 13.6. The smallest absolute Gasteiger partial charge is 0 e. The van der Waals surface area contributed by atoms with E-state index in [1.807, 2.05) is 19.1 Å². The summed E-state index contributed by atoms with van der Waals surface area (Å²) in [6.07, 6.45) is 0.639. The van der Waals surface area contributed by atoms with Crippen LogP contribution in [0.4, 0.5) is 0 Å². The zero-order valence-corrected chi connectivity index (χ0v) is 24.3. The minimum Gasteiger partial charge on any atom is 0 e. The van der Waals surface area contributed by atoms with Crippen LogP contribution in [0.3, 0.4) is 0 Å². The van der Waals surface area contributed by atoms with Crippen LogP contribution in [0.1, 0.15) is 12.0 Å². The van der Waals surface area contributed by atoms with E-state index in [9.17, 15) is 13.2 Å². The minimum atomic E-state index is -3.67. The summed E-state index contributed by atoms with van der Waals surface area (Å²) in [7, 11) is -7.57. The first kappa shape index (κ1) is 34.5. The van der Waals surface area contributed by atoms with E-state index in [0.717, 1.165) is 27.2 Å². The fourth-order valence-corrected chi connectivity index (χ4v) is 9.52. The summed E-state index contributed by atoms with van der Waals surface area (Å²) < 4.78 is 50.8. The number of sulfonamides is 1. The predicted octanol–water partition coefficient (Wildman–Crippen LogP) is 4.16. The molecule has 0 atom stereocenters. The molecule has 1 aromatic carbocycles. The molecule has 0 saturated carbocycles. The summed E-state index contributed by atoms with van der Waals surface area (Å²) in [6.45, 7) is 28.8. The van der Waals surface area contributed by atoms with E-state index in [1.54, 1.807) is 12.1 Å². The standard InChI is InChI=1S/C20H29NO3SSi2.3CO.Fe/c1-14-8-10-15(11-9-14)25(23,24)21-13-12-16-17(21)20(27(5,6)7)18(22)19(16)26(2,3)4;3*1-2;/h8-11H,12-13H2,1-7H3;;;;. The van der Waals surface area contributed by atoms with Gasteiger partial charge in [-0.1, -0.05) is 57.0 Å². The molecule has 11 heteroatoms. The molecule has 0 radical (unpaired) electrons. The van der Waals surface area contributed by atoms with Gasteiger partial charge in [0.05, 0.1) is 26.7 Å². The maximum Gasteiger partial charge on any atom is 0 e. The van der Waals surface area contributed by atoms with Crippen LogP contribution in [0.15, 0.2) is 50.8 Å². The fourth-order valence-electron chi connectivity index (χ4n) is 4.05. The van der Waals surface area contributed by atoms with Crippen LogP contribution >= 0.6 is 0 Å². The van der Waals surface area contributed by atoms with Crippen molar-refractivity contribution in [2.24, 2.45) is 0 Å². The first-order valence-corrected chi connectivity index (χ1v) is 18.4. The number of carbonyl (C=O) groups excluding carboxylic acids is 1. The van der Waals surface area contributed by atoms with Gasteiger partial charge in [0, 0.05) is 28.8 Å². The molecule has 0 aromatic heterocycles. The number of nitrogens with zero attached hydrogens (tertiary/aromatic N) is 1. The zero-order valence-electron chi connectivity index (χ0n) is 20.4. The SMILES string of the molecule is Cc1ccc(S(=O)(=O)N2CCC3=C([Si](C)(C)C)C(=O)C([Si](C)(C)C)=C32)cc1.[C-]#[O+].[C-]#[O+].[C-]#[O+].[Fe]. The van der Waals surface area contributed by atoms with Crippen molar-refractivity contribution >= 4 is 32.0 Å². The Bertz CT molecular complexity index is 1100. The molecule has 1 fully saturated rings. The van der Waals surface area contributed by atoms with Crippen molar-refractivity contribution in [3.05, 3.63) is 71.4 Å². The van der Waals surface area contributed by atoms with Gasteiger partial charge < -0.3 is 0 Å². The van der Waals surface area contributed by atoms with Crippen LogP contribution in [0.25, 0.3) is 0 Å². The van der Waals surface area contributed by atoms with E-state index in [4.69, 9.17) is 14.0 Å². The van der Waals surface area contributed by atoms with E-state index in [-0.39, 0.29) is 22.9 Å². The second kappa shape index (κ2) is 13.4. The third-order valence-corrected chi connectivity index (χ3v) is 11.0. The summed E-state index contributed by atoms with van der Waals surface area (Å²) in [6, 6.07) is 6.97. The van der Waals surface area contributed by atoms with Gasteiger partial charge in [0.2, 0.25) is 0 Å². The fraction of sp³-hybridized carbons (Fsp3) is 0.391. The minimum absolute atomic E-state index is 0. The first-order valence-electron chi connectivity index (χ1n) is 10.0. The van der Waals surface area contributed by atoms with Crippen LogP contribution in [0.5, 0.6) is 0 Å². The molecule has 0 bridgehead atoms. The molecule has 7 nitrogen and oxygen atoms in total.